The highest BCUT2D eigenvalue weighted by Crippen LogP contribution is 2.29. The molecule has 0 aliphatic carbocycles. The van der Waals surface area contributed by atoms with E-state index in [1.54, 1.807) is 18.2 Å². The Kier molecular flexibility index (Phi) is 5.85. The highest BCUT2D eigenvalue weighted by Gasteiger charge is 2.33. The van der Waals surface area contributed by atoms with Gasteiger partial charge in [-0.25, -0.2) is 4.39 Å². The average Bonchev–Trinajstić information content (AvgIpc) is 3.07. The predicted octanol–water partition coefficient (Wildman–Crippen LogP) is 3.05. The molecule has 29 heavy (non-hydrogen) atoms. The number of methoxy groups -OCH3 is 1. The Balaban J connectivity index is 1.32. The van der Waals surface area contributed by atoms with Gasteiger partial charge in [-0.1, -0.05) is 0 Å². The van der Waals surface area contributed by atoms with Crippen molar-refractivity contribution in [2.45, 2.75) is 44.5 Å². The summed E-state index contributed by atoms with van der Waals surface area (Å²) in [6.07, 6.45) is 3.13. The van der Waals surface area contributed by atoms with E-state index in [2.05, 4.69) is 9.88 Å². The Hall–Kier alpha value is -2.41. The van der Waals surface area contributed by atoms with E-state index in [-0.39, 0.29) is 24.6 Å². The minimum absolute atomic E-state index is 0.00281. The number of ether oxygens (including phenoxy) is 2. The summed E-state index contributed by atoms with van der Waals surface area (Å²) in [6, 6.07) is 7.67. The number of carbonyl (C=O) groups excluding carboxylic acids is 1. The number of amides is 1. The molecular formula is C22H28FN3O3. The molecule has 156 valence electrons. The molecular weight excluding hydrogens is 373 g/mol. The van der Waals surface area contributed by atoms with E-state index in [9.17, 15) is 9.18 Å². The van der Waals surface area contributed by atoms with Crippen LogP contribution < -0.4 is 9.47 Å². The zero-order chi connectivity index (χ0) is 20.4. The molecule has 0 spiro atoms. The van der Waals surface area contributed by atoms with Crippen LogP contribution in [0.15, 0.2) is 30.5 Å². The number of fused-ring (bicyclic) bond motifs is 1. The minimum atomic E-state index is -0.886. The molecule has 2 aliphatic rings. The van der Waals surface area contributed by atoms with Crippen molar-refractivity contribution in [3.63, 3.8) is 0 Å². The molecule has 6 nitrogen and oxygen atoms in total. The molecule has 2 aromatic rings. The fourth-order valence-corrected chi connectivity index (χ4v) is 4.29. The number of rotatable bonds is 5. The lowest BCUT2D eigenvalue weighted by atomic mass is 10.1. The van der Waals surface area contributed by atoms with Gasteiger partial charge in [0.1, 0.15) is 23.8 Å². The van der Waals surface area contributed by atoms with Gasteiger partial charge in [0.2, 0.25) is 5.91 Å². The summed E-state index contributed by atoms with van der Waals surface area (Å²) in [5.74, 6) is 1.63. The second-order valence-electron chi connectivity index (χ2n) is 8.01. The lowest BCUT2D eigenvalue weighted by molar-refractivity contribution is -0.133. The van der Waals surface area contributed by atoms with E-state index < -0.39 is 6.17 Å². The number of hydrogen-bond donors (Lipinski definition) is 0. The molecule has 0 radical (unpaired) electrons. The van der Waals surface area contributed by atoms with Gasteiger partial charge in [-0.05, 0) is 38.0 Å². The number of carbonyl (C=O) groups is 1. The van der Waals surface area contributed by atoms with E-state index in [1.807, 2.05) is 31.2 Å². The van der Waals surface area contributed by atoms with Crippen LogP contribution in [0.2, 0.25) is 0 Å². The maximum Gasteiger partial charge on any atom is 0.237 e. The van der Waals surface area contributed by atoms with Crippen molar-refractivity contribution in [3.8, 4) is 11.5 Å². The Morgan fingerprint density at radius 3 is 2.76 bits per heavy atom. The minimum Gasteiger partial charge on any atom is -0.497 e. The summed E-state index contributed by atoms with van der Waals surface area (Å²) in [4.78, 5) is 20.7. The van der Waals surface area contributed by atoms with Gasteiger partial charge in [-0.15, -0.1) is 0 Å². The van der Waals surface area contributed by atoms with E-state index in [0.717, 1.165) is 48.3 Å². The smallest absolute Gasteiger partial charge is 0.237 e. The number of pyridine rings is 1. The molecule has 0 saturated carbocycles. The number of piperidine rings is 1. The van der Waals surface area contributed by atoms with Crippen molar-refractivity contribution in [1.82, 2.24) is 14.8 Å². The second-order valence-corrected chi connectivity index (χ2v) is 8.01. The lowest BCUT2D eigenvalue weighted by Crippen LogP contribution is -2.46. The molecule has 1 aromatic heterocycles. The van der Waals surface area contributed by atoms with Gasteiger partial charge in [-0.3, -0.25) is 14.7 Å². The van der Waals surface area contributed by atoms with Gasteiger partial charge in [0.25, 0.3) is 0 Å². The highest BCUT2D eigenvalue weighted by molar-refractivity contribution is 5.86. The maximum absolute atomic E-state index is 13.5. The number of halogens is 1. The van der Waals surface area contributed by atoms with Crippen LogP contribution in [-0.2, 0) is 4.79 Å². The molecule has 7 heteroatoms. The van der Waals surface area contributed by atoms with Crippen molar-refractivity contribution in [3.05, 3.63) is 30.5 Å². The molecule has 4 rings (SSSR count). The first-order chi connectivity index (χ1) is 14.0. The van der Waals surface area contributed by atoms with Gasteiger partial charge in [0.15, 0.2) is 0 Å². The second kappa shape index (κ2) is 8.53. The Bertz CT molecular complexity index is 870. The van der Waals surface area contributed by atoms with Crippen LogP contribution in [0.5, 0.6) is 11.5 Å². The van der Waals surface area contributed by atoms with Crippen LogP contribution in [0.4, 0.5) is 4.39 Å². The van der Waals surface area contributed by atoms with Crippen LogP contribution in [0.3, 0.4) is 0 Å². The zero-order valence-electron chi connectivity index (χ0n) is 17.0. The average molecular weight is 401 g/mol. The molecule has 0 N–H and O–H groups in total. The molecule has 0 unspecified atom stereocenters. The third-order valence-electron chi connectivity index (χ3n) is 5.94. The first-order valence-electron chi connectivity index (χ1n) is 10.3. The third kappa shape index (κ3) is 4.45. The van der Waals surface area contributed by atoms with Gasteiger partial charge < -0.3 is 14.4 Å². The normalized spacial score (nSPS) is 23.5. The van der Waals surface area contributed by atoms with E-state index in [4.69, 9.17) is 9.47 Å². The number of alkyl halides is 1. The first-order valence-corrected chi connectivity index (χ1v) is 10.3. The Morgan fingerprint density at radius 2 is 2.07 bits per heavy atom. The number of aromatic nitrogens is 1. The summed E-state index contributed by atoms with van der Waals surface area (Å²) in [7, 11) is 1.64. The van der Waals surface area contributed by atoms with Gasteiger partial charge in [0.05, 0.1) is 25.7 Å². The summed E-state index contributed by atoms with van der Waals surface area (Å²) in [5, 5.41) is 0.967. The van der Waals surface area contributed by atoms with Gasteiger partial charge >= 0.3 is 0 Å². The van der Waals surface area contributed by atoms with Crippen LogP contribution in [-0.4, -0.2) is 72.3 Å². The fourth-order valence-electron chi connectivity index (χ4n) is 4.29. The van der Waals surface area contributed by atoms with E-state index in [1.165, 1.54) is 0 Å². The molecule has 2 fully saturated rings. The maximum atomic E-state index is 13.5. The summed E-state index contributed by atoms with van der Waals surface area (Å²) < 4.78 is 25.1. The Labute approximate surface area is 170 Å². The largest absolute Gasteiger partial charge is 0.497 e. The molecule has 2 saturated heterocycles. The molecule has 1 amide bonds. The number of likely N-dealkylation sites (tertiary alicyclic amines) is 2. The summed E-state index contributed by atoms with van der Waals surface area (Å²) >= 11 is 0. The standard InChI is InChI=1S/C22H28FN3O3/c1-15-11-16(23)13-26(15)22(27)14-25-9-6-17(7-10-25)29-21-5-8-24-20-12-18(28-2)3-4-19(20)21/h3-5,8,12,15-17H,6-7,9-11,13-14H2,1-2H3/t15-,16+/m1/s1. The van der Waals surface area contributed by atoms with Crippen LogP contribution in [0.25, 0.3) is 10.9 Å². The third-order valence-corrected chi connectivity index (χ3v) is 5.94. The monoisotopic (exact) mass is 401 g/mol. The van der Waals surface area contributed by atoms with E-state index >= 15 is 0 Å². The quantitative estimate of drug-likeness (QED) is 0.771. The molecule has 3 heterocycles. The molecule has 1 aromatic carbocycles. The zero-order valence-corrected chi connectivity index (χ0v) is 17.0. The van der Waals surface area contributed by atoms with Crippen LogP contribution >= 0.6 is 0 Å². The van der Waals surface area contributed by atoms with E-state index in [0.29, 0.717) is 13.0 Å². The van der Waals surface area contributed by atoms with Gasteiger partial charge in [-0.2, -0.15) is 0 Å². The van der Waals surface area contributed by atoms with Gasteiger partial charge in [0, 0.05) is 43.2 Å². The van der Waals surface area contributed by atoms with Crippen molar-refractivity contribution in [2.75, 3.05) is 33.3 Å². The first kappa shape index (κ1) is 19.9. The highest BCUT2D eigenvalue weighted by atomic mass is 19.1. The SMILES string of the molecule is COc1ccc2c(OC3CCN(CC(=O)N4C[C@@H](F)C[C@H]4C)CC3)ccnc2c1. The van der Waals surface area contributed by atoms with Crippen molar-refractivity contribution in [1.29, 1.82) is 0 Å². The lowest BCUT2D eigenvalue weighted by Gasteiger charge is -2.33. The van der Waals surface area contributed by atoms with Crippen molar-refractivity contribution >= 4 is 16.8 Å². The summed E-state index contributed by atoms with van der Waals surface area (Å²) in [5.41, 5.74) is 0.843. The Morgan fingerprint density at radius 1 is 1.28 bits per heavy atom. The number of hydrogen-bond acceptors (Lipinski definition) is 5. The van der Waals surface area contributed by atoms with Crippen LogP contribution in [0.1, 0.15) is 26.2 Å². The molecule has 0 bridgehead atoms. The van der Waals surface area contributed by atoms with Crippen molar-refractivity contribution < 1.29 is 18.7 Å². The number of nitrogens with zero attached hydrogens (tertiary/aromatic N) is 3. The van der Waals surface area contributed by atoms with Crippen molar-refractivity contribution in [2.24, 2.45) is 0 Å². The summed E-state index contributed by atoms with van der Waals surface area (Å²) in [6.45, 7) is 4.12. The molecule has 2 atom stereocenters. The number of benzene rings is 1. The molecule has 2 aliphatic heterocycles. The predicted molar refractivity (Wildman–Crippen MR) is 109 cm³/mol. The fraction of sp³-hybridized carbons (Fsp3) is 0.545. The topological polar surface area (TPSA) is 54.9 Å². The van der Waals surface area contributed by atoms with Crippen LogP contribution in [0, 0.1) is 0 Å².